The molecule has 3 unspecified atom stereocenters. The van der Waals surface area contributed by atoms with Crippen LogP contribution in [0, 0.1) is 11.8 Å². The summed E-state index contributed by atoms with van der Waals surface area (Å²) < 4.78 is 0. The zero-order valence-electron chi connectivity index (χ0n) is 12.7. The van der Waals surface area contributed by atoms with Crippen molar-refractivity contribution in [2.24, 2.45) is 17.6 Å². The summed E-state index contributed by atoms with van der Waals surface area (Å²) in [7, 11) is 1.91. The van der Waals surface area contributed by atoms with Crippen LogP contribution in [0.15, 0.2) is 0 Å². The average molecular weight is 279 g/mol. The maximum Gasteiger partial charge on any atom is 0.239 e. The van der Waals surface area contributed by atoms with Crippen LogP contribution in [0.5, 0.6) is 0 Å². The molecule has 3 fully saturated rings. The van der Waals surface area contributed by atoms with Crippen LogP contribution in [-0.4, -0.2) is 42.5 Å². The lowest BCUT2D eigenvalue weighted by atomic mass is 9.77. The Morgan fingerprint density at radius 2 is 1.90 bits per heavy atom. The number of likely N-dealkylation sites (tertiary alicyclic amines) is 1. The van der Waals surface area contributed by atoms with Crippen LogP contribution < -0.4 is 11.1 Å². The van der Waals surface area contributed by atoms with Gasteiger partial charge in [-0.1, -0.05) is 12.8 Å². The minimum atomic E-state index is -0.487. The van der Waals surface area contributed by atoms with Crippen molar-refractivity contribution in [3.05, 3.63) is 0 Å². The molecule has 3 atom stereocenters. The highest BCUT2D eigenvalue weighted by molar-refractivity contribution is 5.86. The second kappa shape index (κ2) is 5.64. The maximum absolute atomic E-state index is 12.1. The molecule has 0 radical (unpaired) electrons. The summed E-state index contributed by atoms with van der Waals surface area (Å²) in [6, 6.07) is 0.698. The number of hydrogen-bond acceptors (Lipinski definition) is 3. The average Bonchev–Trinajstić information content (AvgIpc) is 3.29. The summed E-state index contributed by atoms with van der Waals surface area (Å²) in [5, 5.41) is 3.30. The topological polar surface area (TPSA) is 58.4 Å². The van der Waals surface area contributed by atoms with Crippen LogP contribution in [0.25, 0.3) is 0 Å². The summed E-state index contributed by atoms with van der Waals surface area (Å²) >= 11 is 0. The lowest BCUT2D eigenvalue weighted by Crippen LogP contribution is -2.64. The van der Waals surface area contributed by atoms with Crippen molar-refractivity contribution in [3.8, 4) is 0 Å². The van der Waals surface area contributed by atoms with Crippen molar-refractivity contribution in [1.82, 2.24) is 10.2 Å². The van der Waals surface area contributed by atoms with E-state index in [4.69, 9.17) is 5.73 Å². The molecule has 3 N–H and O–H groups in total. The number of nitrogens with zero attached hydrogens (tertiary/aromatic N) is 1. The number of amides is 1. The van der Waals surface area contributed by atoms with E-state index in [-0.39, 0.29) is 5.91 Å². The molecule has 114 valence electrons. The van der Waals surface area contributed by atoms with Gasteiger partial charge < -0.3 is 11.1 Å². The highest BCUT2D eigenvalue weighted by Gasteiger charge is 2.51. The van der Waals surface area contributed by atoms with Gasteiger partial charge in [-0.2, -0.15) is 0 Å². The summed E-state index contributed by atoms with van der Waals surface area (Å²) in [4.78, 5) is 14.7. The Morgan fingerprint density at radius 3 is 2.55 bits per heavy atom. The molecule has 2 aliphatic carbocycles. The SMILES string of the molecule is CNC(CN1CCCC2CCCCC21)(C(N)=O)C1CC1. The lowest BCUT2D eigenvalue weighted by Gasteiger charge is -2.47. The largest absolute Gasteiger partial charge is 0.368 e. The summed E-state index contributed by atoms with van der Waals surface area (Å²) in [5.41, 5.74) is 5.29. The molecule has 4 nitrogen and oxygen atoms in total. The molecule has 0 spiro atoms. The van der Waals surface area contributed by atoms with E-state index in [2.05, 4.69) is 10.2 Å². The Morgan fingerprint density at radius 1 is 1.20 bits per heavy atom. The van der Waals surface area contributed by atoms with Crippen LogP contribution in [0.2, 0.25) is 0 Å². The van der Waals surface area contributed by atoms with Crippen LogP contribution in [-0.2, 0) is 4.79 Å². The molecule has 20 heavy (non-hydrogen) atoms. The molecule has 4 heteroatoms. The molecular formula is C16H29N3O. The Hall–Kier alpha value is -0.610. The van der Waals surface area contributed by atoms with Crippen LogP contribution in [0.1, 0.15) is 51.4 Å². The van der Waals surface area contributed by atoms with E-state index in [1.54, 1.807) is 0 Å². The van der Waals surface area contributed by atoms with Gasteiger partial charge in [-0.05, 0) is 64.0 Å². The van der Waals surface area contributed by atoms with Gasteiger partial charge in [0.15, 0.2) is 0 Å². The Balaban J connectivity index is 1.75. The molecule has 1 heterocycles. The van der Waals surface area contributed by atoms with Gasteiger partial charge in [-0.15, -0.1) is 0 Å². The van der Waals surface area contributed by atoms with Crippen molar-refractivity contribution in [1.29, 1.82) is 0 Å². The fourth-order valence-corrected chi connectivity index (χ4v) is 4.64. The molecule has 0 aromatic heterocycles. The van der Waals surface area contributed by atoms with Gasteiger partial charge in [-0.3, -0.25) is 9.69 Å². The number of piperidine rings is 1. The van der Waals surface area contributed by atoms with Gasteiger partial charge in [0.25, 0.3) is 0 Å². The number of primary amides is 1. The second-order valence-electron chi connectivity index (χ2n) is 7.08. The van der Waals surface area contributed by atoms with Gasteiger partial charge in [0.2, 0.25) is 5.91 Å². The highest BCUT2D eigenvalue weighted by Crippen LogP contribution is 2.42. The summed E-state index contributed by atoms with van der Waals surface area (Å²) in [5.74, 6) is 1.16. The van der Waals surface area contributed by atoms with E-state index in [0.29, 0.717) is 12.0 Å². The number of nitrogens with two attached hydrogens (primary N) is 1. The molecule has 1 amide bonds. The first-order chi connectivity index (χ1) is 9.67. The van der Waals surface area contributed by atoms with E-state index in [9.17, 15) is 4.79 Å². The highest BCUT2D eigenvalue weighted by atomic mass is 16.1. The molecule has 3 rings (SSSR count). The Labute approximate surface area is 122 Å². The van der Waals surface area contributed by atoms with Crippen LogP contribution >= 0.6 is 0 Å². The van der Waals surface area contributed by atoms with Gasteiger partial charge in [0.1, 0.15) is 5.54 Å². The number of rotatable bonds is 5. The quantitative estimate of drug-likeness (QED) is 0.802. The van der Waals surface area contributed by atoms with E-state index in [0.717, 1.165) is 31.8 Å². The van der Waals surface area contributed by atoms with E-state index in [1.807, 2.05) is 7.05 Å². The van der Waals surface area contributed by atoms with Crippen molar-refractivity contribution in [2.75, 3.05) is 20.1 Å². The van der Waals surface area contributed by atoms with Gasteiger partial charge in [0, 0.05) is 12.6 Å². The van der Waals surface area contributed by atoms with Gasteiger partial charge in [0.05, 0.1) is 0 Å². The first-order valence-corrected chi connectivity index (χ1v) is 8.40. The summed E-state index contributed by atoms with van der Waals surface area (Å²) in [6.07, 6.45) is 10.4. The fraction of sp³-hybridized carbons (Fsp3) is 0.938. The molecule has 0 bridgehead atoms. The van der Waals surface area contributed by atoms with Crippen molar-refractivity contribution in [2.45, 2.75) is 62.9 Å². The van der Waals surface area contributed by atoms with Gasteiger partial charge >= 0.3 is 0 Å². The third-order valence-corrected chi connectivity index (χ3v) is 5.97. The molecular weight excluding hydrogens is 250 g/mol. The normalized spacial score (nSPS) is 34.2. The molecule has 1 aliphatic heterocycles. The number of nitrogens with one attached hydrogen (secondary N) is 1. The summed E-state index contributed by atoms with van der Waals surface area (Å²) in [6.45, 7) is 1.97. The predicted molar refractivity (Wildman–Crippen MR) is 80.3 cm³/mol. The smallest absolute Gasteiger partial charge is 0.239 e. The van der Waals surface area contributed by atoms with Crippen LogP contribution in [0.4, 0.5) is 0 Å². The number of likely N-dealkylation sites (N-methyl/N-ethyl adjacent to an activating group) is 1. The van der Waals surface area contributed by atoms with E-state index in [1.165, 1.54) is 38.5 Å². The molecule has 0 aromatic rings. The molecule has 0 aromatic carbocycles. The lowest BCUT2D eigenvalue weighted by molar-refractivity contribution is -0.127. The first kappa shape index (κ1) is 14.3. The molecule has 1 saturated heterocycles. The minimum absolute atomic E-state index is 0.152. The van der Waals surface area contributed by atoms with E-state index >= 15 is 0 Å². The minimum Gasteiger partial charge on any atom is -0.368 e. The Bertz CT molecular complexity index is 367. The molecule has 2 saturated carbocycles. The number of hydrogen-bond donors (Lipinski definition) is 2. The second-order valence-corrected chi connectivity index (χ2v) is 7.08. The van der Waals surface area contributed by atoms with Gasteiger partial charge in [-0.25, -0.2) is 0 Å². The maximum atomic E-state index is 12.1. The zero-order chi connectivity index (χ0) is 14.2. The van der Waals surface area contributed by atoms with E-state index < -0.39 is 5.54 Å². The third-order valence-electron chi connectivity index (χ3n) is 5.97. The monoisotopic (exact) mass is 279 g/mol. The first-order valence-electron chi connectivity index (χ1n) is 8.40. The standard InChI is InChI=1S/C16H29N3O/c1-18-16(15(17)20,13-8-9-13)11-19-10-4-6-12-5-2-3-7-14(12)19/h12-14,18H,2-11H2,1H3,(H2,17,20). The number of carbonyl (C=O) groups is 1. The van der Waals surface area contributed by atoms with Crippen molar-refractivity contribution in [3.63, 3.8) is 0 Å². The Kier molecular flexibility index (Phi) is 4.04. The predicted octanol–water partition coefficient (Wildman–Crippen LogP) is 1.49. The third kappa shape index (κ3) is 2.48. The fourth-order valence-electron chi connectivity index (χ4n) is 4.64. The van der Waals surface area contributed by atoms with Crippen molar-refractivity contribution < 1.29 is 4.79 Å². The van der Waals surface area contributed by atoms with Crippen LogP contribution in [0.3, 0.4) is 0 Å². The number of fused-ring (bicyclic) bond motifs is 1. The van der Waals surface area contributed by atoms with Crippen molar-refractivity contribution >= 4 is 5.91 Å². The molecule has 3 aliphatic rings. The zero-order valence-corrected chi connectivity index (χ0v) is 12.7. The number of carbonyl (C=O) groups excluding carboxylic acids is 1.